The highest BCUT2D eigenvalue weighted by Gasteiger charge is 2.02. The molecule has 0 saturated carbocycles. The lowest BCUT2D eigenvalue weighted by molar-refractivity contribution is 0.627. The Morgan fingerprint density at radius 3 is 2.72 bits per heavy atom. The topological polar surface area (TPSA) is 12.0 Å². The Hall–Kier alpha value is -1.06. The molecule has 0 aliphatic rings. The molecule has 0 fully saturated rings. The van der Waals surface area contributed by atoms with Gasteiger partial charge in [0.05, 0.1) is 0 Å². The maximum Gasteiger partial charge on any atom is 0.125 e. The first kappa shape index (κ1) is 13.4. The van der Waals surface area contributed by atoms with Crippen molar-refractivity contribution >= 4 is 33.2 Å². The molecule has 4 heteroatoms. The van der Waals surface area contributed by atoms with Crippen molar-refractivity contribution in [3.63, 3.8) is 0 Å². The number of hydrogen-bond donors (Lipinski definition) is 1. The fraction of sp³-hybridized carbons (Fsp3) is 0.143. The summed E-state index contributed by atoms with van der Waals surface area (Å²) in [6, 6.07) is 10.5. The monoisotopic (exact) mass is 327 g/mol. The summed E-state index contributed by atoms with van der Waals surface area (Å²) in [6.45, 7) is 2.42. The normalized spacial score (nSPS) is 10.4. The second-order valence-corrected chi connectivity index (χ2v) is 5.43. The first-order valence-corrected chi connectivity index (χ1v) is 6.67. The van der Waals surface area contributed by atoms with Crippen LogP contribution in [-0.2, 0) is 6.54 Å². The molecule has 0 aliphatic carbocycles. The van der Waals surface area contributed by atoms with Crippen LogP contribution in [0.4, 0.5) is 10.1 Å². The van der Waals surface area contributed by atoms with Crippen molar-refractivity contribution in [2.45, 2.75) is 13.5 Å². The minimum Gasteiger partial charge on any atom is -0.381 e. The highest BCUT2D eigenvalue weighted by Crippen LogP contribution is 2.22. The summed E-state index contributed by atoms with van der Waals surface area (Å²) in [7, 11) is 0. The van der Waals surface area contributed by atoms with Gasteiger partial charge in [0.1, 0.15) is 5.82 Å². The summed E-state index contributed by atoms with van der Waals surface area (Å²) >= 11 is 9.49. The van der Waals surface area contributed by atoms with Crippen LogP contribution in [0.2, 0.25) is 5.02 Å². The maximum atomic E-state index is 13.2. The molecule has 0 bridgehead atoms. The Kier molecular flexibility index (Phi) is 4.25. The second-order valence-electron chi connectivity index (χ2n) is 4.11. The summed E-state index contributed by atoms with van der Waals surface area (Å²) in [4.78, 5) is 0. The van der Waals surface area contributed by atoms with Gasteiger partial charge in [-0.3, -0.25) is 0 Å². The van der Waals surface area contributed by atoms with E-state index in [1.54, 1.807) is 0 Å². The summed E-state index contributed by atoms with van der Waals surface area (Å²) in [5, 5.41) is 3.86. The Morgan fingerprint density at radius 2 is 2.00 bits per heavy atom. The molecule has 0 aromatic heterocycles. The molecular weight excluding hydrogens is 317 g/mol. The van der Waals surface area contributed by atoms with E-state index in [1.807, 2.05) is 31.2 Å². The third kappa shape index (κ3) is 3.47. The average Bonchev–Trinajstić information content (AvgIpc) is 2.29. The van der Waals surface area contributed by atoms with Crippen molar-refractivity contribution < 1.29 is 4.39 Å². The Balaban J connectivity index is 2.13. The van der Waals surface area contributed by atoms with Crippen LogP contribution in [0.5, 0.6) is 0 Å². The van der Waals surface area contributed by atoms with Gasteiger partial charge >= 0.3 is 0 Å². The van der Waals surface area contributed by atoms with Gasteiger partial charge in [-0.05, 0) is 54.4 Å². The largest absolute Gasteiger partial charge is 0.381 e. The summed E-state index contributed by atoms with van der Waals surface area (Å²) in [5.74, 6) is -0.238. The average molecular weight is 329 g/mol. The van der Waals surface area contributed by atoms with E-state index in [0.29, 0.717) is 11.6 Å². The minimum atomic E-state index is -0.238. The molecule has 1 N–H and O–H groups in total. The zero-order valence-electron chi connectivity index (χ0n) is 9.81. The predicted octanol–water partition coefficient (Wildman–Crippen LogP) is 5.16. The lowest BCUT2D eigenvalue weighted by Crippen LogP contribution is -2.01. The van der Waals surface area contributed by atoms with Crippen molar-refractivity contribution in [3.8, 4) is 0 Å². The van der Waals surface area contributed by atoms with E-state index in [-0.39, 0.29) is 5.82 Å². The van der Waals surface area contributed by atoms with Gasteiger partial charge in [-0.1, -0.05) is 27.5 Å². The van der Waals surface area contributed by atoms with Crippen LogP contribution in [0.25, 0.3) is 0 Å². The van der Waals surface area contributed by atoms with Gasteiger partial charge in [-0.15, -0.1) is 0 Å². The number of aryl methyl sites for hydroxylation is 1. The molecule has 0 radical (unpaired) electrons. The highest BCUT2D eigenvalue weighted by molar-refractivity contribution is 9.10. The van der Waals surface area contributed by atoms with Gasteiger partial charge in [0.2, 0.25) is 0 Å². The van der Waals surface area contributed by atoms with Gasteiger partial charge in [0, 0.05) is 21.7 Å². The Labute approximate surface area is 119 Å². The van der Waals surface area contributed by atoms with Crippen LogP contribution in [-0.4, -0.2) is 0 Å². The lowest BCUT2D eigenvalue weighted by Gasteiger charge is -2.09. The molecule has 0 saturated heterocycles. The van der Waals surface area contributed by atoms with Crippen LogP contribution in [0, 0.1) is 12.7 Å². The Morgan fingerprint density at radius 1 is 1.22 bits per heavy atom. The van der Waals surface area contributed by atoms with Crippen molar-refractivity contribution in [1.82, 2.24) is 0 Å². The third-order valence-corrected chi connectivity index (χ3v) is 3.39. The van der Waals surface area contributed by atoms with Gasteiger partial charge in [-0.2, -0.15) is 0 Å². The quantitative estimate of drug-likeness (QED) is 0.820. The van der Waals surface area contributed by atoms with E-state index in [9.17, 15) is 4.39 Å². The van der Waals surface area contributed by atoms with Crippen LogP contribution in [0.1, 0.15) is 11.1 Å². The molecule has 0 aliphatic heterocycles. The summed E-state index contributed by atoms with van der Waals surface area (Å²) in [5.41, 5.74) is 2.61. The molecule has 0 unspecified atom stereocenters. The molecule has 0 amide bonds. The molecule has 0 heterocycles. The standard InChI is InChI=1S/C14H12BrClFN/c1-9-4-12(17)7-13(5-9)18-8-10-6-11(15)2-3-14(10)16/h2-7,18H,8H2,1H3. The zero-order valence-corrected chi connectivity index (χ0v) is 12.1. The number of halogens is 3. The molecule has 0 spiro atoms. The molecule has 2 aromatic carbocycles. The zero-order chi connectivity index (χ0) is 13.1. The van der Waals surface area contributed by atoms with Gasteiger partial charge in [0.15, 0.2) is 0 Å². The number of benzene rings is 2. The molecule has 0 atom stereocenters. The predicted molar refractivity (Wildman–Crippen MR) is 77.6 cm³/mol. The molecule has 2 rings (SSSR count). The van der Waals surface area contributed by atoms with Crippen molar-refractivity contribution in [1.29, 1.82) is 0 Å². The van der Waals surface area contributed by atoms with Gasteiger partial charge < -0.3 is 5.32 Å². The number of hydrogen-bond acceptors (Lipinski definition) is 1. The van der Waals surface area contributed by atoms with E-state index >= 15 is 0 Å². The number of anilines is 1. The van der Waals surface area contributed by atoms with Crippen LogP contribution < -0.4 is 5.32 Å². The third-order valence-electron chi connectivity index (χ3n) is 2.53. The molecule has 1 nitrogen and oxygen atoms in total. The van der Waals surface area contributed by atoms with Crippen molar-refractivity contribution in [2.75, 3.05) is 5.32 Å². The first-order chi connectivity index (χ1) is 8.54. The van der Waals surface area contributed by atoms with E-state index in [2.05, 4.69) is 21.2 Å². The van der Waals surface area contributed by atoms with Crippen molar-refractivity contribution in [3.05, 3.63) is 62.8 Å². The smallest absolute Gasteiger partial charge is 0.125 e. The SMILES string of the molecule is Cc1cc(F)cc(NCc2cc(Br)ccc2Cl)c1. The Bertz CT molecular complexity index is 551. The molecule has 2 aromatic rings. The van der Waals surface area contributed by atoms with E-state index in [0.717, 1.165) is 21.3 Å². The van der Waals surface area contributed by atoms with E-state index < -0.39 is 0 Å². The van der Waals surface area contributed by atoms with E-state index in [1.165, 1.54) is 12.1 Å². The van der Waals surface area contributed by atoms with Gasteiger partial charge in [0.25, 0.3) is 0 Å². The fourth-order valence-corrected chi connectivity index (χ4v) is 2.31. The molecular formula is C14H12BrClFN. The lowest BCUT2D eigenvalue weighted by atomic mass is 10.2. The first-order valence-electron chi connectivity index (χ1n) is 5.49. The van der Waals surface area contributed by atoms with Crippen LogP contribution >= 0.6 is 27.5 Å². The summed E-state index contributed by atoms with van der Waals surface area (Å²) in [6.07, 6.45) is 0. The highest BCUT2D eigenvalue weighted by atomic mass is 79.9. The molecule has 18 heavy (non-hydrogen) atoms. The molecule has 94 valence electrons. The summed E-state index contributed by atoms with van der Waals surface area (Å²) < 4.78 is 14.2. The maximum absolute atomic E-state index is 13.2. The van der Waals surface area contributed by atoms with Crippen LogP contribution in [0.3, 0.4) is 0 Å². The van der Waals surface area contributed by atoms with E-state index in [4.69, 9.17) is 11.6 Å². The number of nitrogens with one attached hydrogen (secondary N) is 1. The van der Waals surface area contributed by atoms with Crippen LogP contribution in [0.15, 0.2) is 40.9 Å². The van der Waals surface area contributed by atoms with Gasteiger partial charge in [-0.25, -0.2) is 4.39 Å². The number of rotatable bonds is 3. The van der Waals surface area contributed by atoms with Crippen molar-refractivity contribution in [2.24, 2.45) is 0 Å². The second kappa shape index (κ2) is 5.72. The minimum absolute atomic E-state index is 0.238. The fourth-order valence-electron chi connectivity index (χ4n) is 1.71.